The molecule has 20 heavy (non-hydrogen) atoms. The Kier molecular flexibility index (Phi) is 4.22. The van der Waals surface area contributed by atoms with Gasteiger partial charge in [0.2, 0.25) is 0 Å². The summed E-state index contributed by atoms with van der Waals surface area (Å²) in [6.07, 6.45) is 6.21. The van der Waals surface area contributed by atoms with Crippen LogP contribution < -0.4 is 0 Å². The van der Waals surface area contributed by atoms with Crippen molar-refractivity contribution < 1.29 is 9.90 Å². The third-order valence-electron chi connectivity index (χ3n) is 4.89. The van der Waals surface area contributed by atoms with Crippen molar-refractivity contribution in [3.05, 3.63) is 35.4 Å². The number of hydrogen-bond donors (Lipinski definition) is 1. The summed E-state index contributed by atoms with van der Waals surface area (Å²) in [4.78, 5) is 11.9. The van der Waals surface area contributed by atoms with Crippen LogP contribution in [-0.4, -0.2) is 11.1 Å². The van der Waals surface area contributed by atoms with E-state index in [2.05, 4.69) is 19.9 Å². The smallest absolute Gasteiger partial charge is 0.314 e. The van der Waals surface area contributed by atoms with Crippen molar-refractivity contribution in [1.29, 1.82) is 0 Å². The van der Waals surface area contributed by atoms with Crippen molar-refractivity contribution in [2.24, 2.45) is 5.41 Å². The van der Waals surface area contributed by atoms with Gasteiger partial charge in [0, 0.05) is 0 Å². The molecule has 0 unspecified atom stereocenters. The first-order chi connectivity index (χ1) is 9.48. The second-order valence-electron chi connectivity index (χ2n) is 6.61. The first-order valence-electron chi connectivity index (χ1n) is 7.78. The maximum atomic E-state index is 11.9. The zero-order valence-corrected chi connectivity index (χ0v) is 12.9. The molecule has 110 valence electrons. The third-order valence-corrected chi connectivity index (χ3v) is 4.89. The number of hydrogen-bond acceptors (Lipinski definition) is 1. The number of benzene rings is 1. The van der Waals surface area contributed by atoms with Gasteiger partial charge in [-0.15, -0.1) is 0 Å². The summed E-state index contributed by atoms with van der Waals surface area (Å²) in [5.74, 6) is -0.647. The fourth-order valence-corrected chi connectivity index (χ4v) is 4.19. The molecule has 1 fully saturated rings. The normalized spacial score (nSPS) is 19.4. The Bertz CT molecular complexity index is 476. The molecule has 0 spiro atoms. The van der Waals surface area contributed by atoms with Crippen molar-refractivity contribution in [3.8, 4) is 0 Å². The minimum absolute atomic E-state index is 0.256. The topological polar surface area (TPSA) is 37.3 Å². The van der Waals surface area contributed by atoms with Gasteiger partial charge in [-0.1, -0.05) is 56.5 Å². The van der Waals surface area contributed by atoms with Crippen molar-refractivity contribution >= 4 is 5.97 Å². The van der Waals surface area contributed by atoms with E-state index in [1.165, 1.54) is 0 Å². The number of carbonyl (C=O) groups is 1. The fourth-order valence-electron chi connectivity index (χ4n) is 4.19. The lowest BCUT2D eigenvalue weighted by Crippen LogP contribution is -2.54. The molecule has 1 saturated carbocycles. The second kappa shape index (κ2) is 5.59. The van der Waals surface area contributed by atoms with Crippen molar-refractivity contribution in [1.82, 2.24) is 0 Å². The summed E-state index contributed by atoms with van der Waals surface area (Å²) >= 11 is 0. The Balaban J connectivity index is 2.30. The molecule has 1 N–H and O–H groups in total. The van der Waals surface area contributed by atoms with Crippen LogP contribution in [0.5, 0.6) is 0 Å². The summed E-state index contributed by atoms with van der Waals surface area (Å²) in [7, 11) is 0. The first kappa shape index (κ1) is 15.1. The van der Waals surface area contributed by atoms with E-state index in [0.717, 1.165) is 49.7 Å². The molecule has 0 amide bonds. The monoisotopic (exact) mass is 274 g/mol. The van der Waals surface area contributed by atoms with Crippen LogP contribution in [0.4, 0.5) is 0 Å². The SMILES string of the molecule is CCCC1(CCC)CC(C(=O)O)(c2cccc(C)c2)C1. The molecular formula is C18H26O2. The van der Waals surface area contributed by atoms with Gasteiger partial charge in [-0.25, -0.2) is 0 Å². The van der Waals surface area contributed by atoms with Gasteiger partial charge in [-0.2, -0.15) is 0 Å². The first-order valence-corrected chi connectivity index (χ1v) is 7.78. The number of aryl methyl sites for hydroxylation is 1. The lowest BCUT2D eigenvalue weighted by Gasteiger charge is -2.55. The number of aliphatic carboxylic acids is 1. The van der Waals surface area contributed by atoms with Gasteiger partial charge in [-0.05, 0) is 43.6 Å². The average Bonchev–Trinajstić information content (AvgIpc) is 2.35. The van der Waals surface area contributed by atoms with E-state index in [9.17, 15) is 9.90 Å². The van der Waals surface area contributed by atoms with E-state index in [1.807, 2.05) is 25.1 Å². The highest BCUT2D eigenvalue weighted by Gasteiger charge is 2.58. The third kappa shape index (κ3) is 2.48. The molecule has 2 nitrogen and oxygen atoms in total. The summed E-state index contributed by atoms with van der Waals surface area (Å²) in [5.41, 5.74) is 1.75. The highest BCUT2D eigenvalue weighted by molar-refractivity contribution is 5.83. The zero-order valence-electron chi connectivity index (χ0n) is 12.9. The standard InChI is InChI=1S/C18H26O2/c1-4-9-17(10-5-2)12-18(13-17,16(19)20)15-8-6-7-14(3)11-15/h6-8,11H,4-5,9-10,12-13H2,1-3H3,(H,19,20). The Morgan fingerprint density at radius 2 is 1.80 bits per heavy atom. The van der Waals surface area contributed by atoms with E-state index in [-0.39, 0.29) is 5.41 Å². The van der Waals surface area contributed by atoms with Crippen molar-refractivity contribution in [2.75, 3.05) is 0 Å². The van der Waals surface area contributed by atoms with Gasteiger partial charge in [0.1, 0.15) is 0 Å². The quantitative estimate of drug-likeness (QED) is 0.816. The zero-order chi connectivity index (χ0) is 14.8. The van der Waals surface area contributed by atoms with E-state index in [4.69, 9.17) is 0 Å². The number of rotatable bonds is 6. The molecule has 0 heterocycles. The van der Waals surface area contributed by atoms with Crippen molar-refractivity contribution in [3.63, 3.8) is 0 Å². The lowest BCUT2D eigenvalue weighted by atomic mass is 9.48. The predicted octanol–water partition coefficient (Wildman–Crippen LogP) is 4.70. The summed E-state index contributed by atoms with van der Waals surface area (Å²) in [6.45, 7) is 6.43. The van der Waals surface area contributed by atoms with E-state index >= 15 is 0 Å². The molecule has 1 aliphatic rings. The van der Waals surface area contributed by atoms with E-state index in [1.54, 1.807) is 0 Å². The summed E-state index contributed by atoms with van der Waals surface area (Å²) < 4.78 is 0. The number of carboxylic acids is 1. The summed E-state index contributed by atoms with van der Waals surface area (Å²) in [5, 5.41) is 9.80. The minimum Gasteiger partial charge on any atom is -0.481 e. The lowest BCUT2D eigenvalue weighted by molar-refractivity contribution is -0.155. The predicted molar refractivity (Wildman–Crippen MR) is 82.0 cm³/mol. The van der Waals surface area contributed by atoms with Gasteiger partial charge in [0.05, 0.1) is 5.41 Å². The molecule has 1 aliphatic carbocycles. The highest BCUT2D eigenvalue weighted by atomic mass is 16.4. The molecule has 1 aromatic rings. The van der Waals surface area contributed by atoms with Crippen molar-refractivity contribution in [2.45, 2.75) is 64.7 Å². The number of carboxylic acid groups (broad SMARTS) is 1. The van der Waals surface area contributed by atoms with Crippen LogP contribution >= 0.6 is 0 Å². The maximum Gasteiger partial charge on any atom is 0.314 e. The Morgan fingerprint density at radius 1 is 1.20 bits per heavy atom. The van der Waals surface area contributed by atoms with Gasteiger partial charge >= 0.3 is 5.97 Å². The molecule has 2 rings (SSSR count). The van der Waals surface area contributed by atoms with Crippen LogP contribution in [0.15, 0.2) is 24.3 Å². The molecule has 0 aliphatic heterocycles. The van der Waals surface area contributed by atoms with Crippen LogP contribution in [-0.2, 0) is 10.2 Å². The van der Waals surface area contributed by atoms with Gasteiger partial charge in [0.15, 0.2) is 0 Å². The molecule has 0 aromatic heterocycles. The molecule has 2 heteroatoms. The van der Waals surface area contributed by atoms with Crippen LogP contribution in [0.2, 0.25) is 0 Å². The van der Waals surface area contributed by atoms with Gasteiger partial charge < -0.3 is 5.11 Å². The van der Waals surface area contributed by atoms with Crippen LogP contribution in [0.1, 0.15) is 63.5 Å². The van der Waals surface area contributed by atoms with E-state index < -0.39 is 11.4 Å². The highest BCUT2D eigenvalue weighted by Crippen LogP contribution is 2.60. The van der Waals surface area contributed by atoms with Gasteiger partial charge in [0.25, 0.3) is 0 Å². The summed E-state index contributed by atoms with van der Waals surface area (Å²) in [6, 6.07) is 8.05. The molecule has 0 atom stereocenters. The largest absolute Gasteiger partial charge is 0.481 e. The van der Waals surface area contributed by atoms with E-state index in [0.29, 0.717) is 0 Å². The maximum absolute atomic E-state index is 11.9. The average molecular weight is 274 g/mol. The molecule has 0 bridgehead atoms. The molecular weight excluding hydrogens is 248 g/mol. The fraction of sp³-hybridized carbons (Fsp3) is 0.611. The van der Waals surface area contributed by atoms with Gasteiger partial charge in [-0.3, -0.25) is 4.79 Å². The molecule has 0 saturated heterocycles. The van der Waals surface area contributed by atoms with Crippen LogP contribution in [0.25, 0.3) is 0 Å². The molecule has 0 radical (unpaired) electrons. The van der Waals surface area contributed by atoms with Crippen LogP contribution in [0.3, 0.4) is 0 Å². The molecule has 1 aromatic carbocycles. The Hall–Kier alpha value is -1.31. The van der Waals surface area contributed by atoms with Crippen LogP contribution in [0, 0.1) is 12.3 Å². The second-order valence-corrected chi connectivity index (χ2v) is 6.61. The minimum atomic E-state index is -0.647. The Labute approximate surface area is 122 Å². The Morgan fingerprint density at radius 3 is 2.25 bits per heavy atom.